The molecule has 0 saturated heterocycles. The number of anilines is 2. The van der Waals surface area contributed by atoms with Crippen molar-refractivity contribution >= 4 is 24.2 Å². The number of carbonyl (C=O) groups excluding carboxylic acids is 2. The van der Waals surface area contributed by atoms with Crippen molar-refractivity contribution in [3.8, 4) is 0 Å². The van der Waals surface area contributed by atoms with Crippen LogP contribution >= 0.6 is 0 Å². The maximum Gasteiger partial charge on any atom is 0.131 e. The van der Waals surface area contributed by atoms with Gasteiger partial charge in [0.05, 0.1) is 12.2 Å². The number of unbranched alkanes of at least 4 members (excludes halogenated alkanes) is 25. The van der Waals surface area contributed by atoms with Crippen molar-refractivity contribution in [2.24, 2.45) is 0 Å². The molecule has 0 radical (unpaired) electrons. The lowest BCUT2D eigenvalue weighted by molar-refractivity contribution is -0.108. The molecule has 0 aromatic carbocycles. The van der Waals surface area contributed by atoms with E-state index in [1.807, 2.05) is 27.3 Å². The number of nitrogens with one attached hydrogen (secondary N) is 2. The van der Waals surface area contributed by atoms with Crippen LogP contribution in [-0.4, -0.2) is 87.1 Å². The second kappa shape index (κ2) is 54.2. The van der Waals surface area contributed by atoms with Gasteiger partial charge in [-0.2, -0.15) is 0 Å². The van der Waals surface area contributed by atoms with Crippen molar-refractivity contribution in [1.29, 1.82) is 0 Å². The monoisotopic (exact) mass is 890 g/mol. The minimum Gasteiger partial charge on any atom is -0.381 e. The lowest BCUT2D eigenvalue weighted by atomic mass is 10.0. The van der Waals surface area contributed by atoms with Gasteiger partial charge in [0.15, 0.2) is 0 Å². The Hall–Kier alpha value is -2.10. The quantitative estimate of drug-likeness (QED) is 0.0489. The first kappa shape index (κ1) is 63.0. The average molecular weight is 890 g/mol. The van der Waals surface area contributed by atoms with Gasteiger partial charge in [-0.15, -0.1) is 0 Å². The number of methoxy groups -OCH3 is 2. The molecule has 0 amide bonds. The Morgan fingerprint density at radius 1 is 0.508 bits per heavy atom. The highest BCUT2D eigenvalue weighted by Crippen LogP contribution is 2.17. The molecule has 1 heterocycles. The van der Waals surface area contributed by atoms with E-state index < -0.39 is 0 Å². The minimum atomic E-state index is 0.506. The van der Waals surface area contributed by atoms with E-state index in [2.05, 4.69) is 53.2 Å². The minimum absolute atomic E-state index is 0.506. The normalized spacial score (nSPS) is 11.5. The molecule has 0 bridgehead atoms. The highest BCUT2D eigenvalue weighted by Gasteiger charge is 2.08. The lowest BCUT2D eigenvalue weighted by Crippen LogP contribution is -2.28. The molecule has 0 saturated carbocycles. The summed E-state index contributed by atoms with van der Waals surface area (Å²) >= 11 is 0. The van der Waals surface area contributed by atoms with Gasteiger partial charge in [-0.3, -0.25) is 0 Å². The fourth-order valence-electron chi connectivity index (χ4n) is 7.96. The Balaban J connectivity index is 0. The molecule has 0 spiro atoms. The van der Waals surface area contributed by atoms with Crippen LogP contribution in [0.4, 0.5) is 11.6 Å². The molecule has 1 rings (SSSR count). The van der Waals surface area contributed by atoms with E-state index in [4.69, 9.17) is 9.47 Å². The van der Waals surface area contributed by atoms with E-state index in [1.165, 1.54) is 173 Å². The molecule has 1 unspecified atom stereocenters. The Kier molecular flexibility index (Phi) is 54.2. The zero-order valence-electron chi connectivity index (χ0n) is 43.0. The molecule has 63 heavy (non-hydrogen) atoms. The van der Waals surface area contributed by atoms with Gasteiger partial charge in [-0.1, -0.05) is 182 Å². The van der Waals surface area contributed by atoms with Gasteiger partial charge in [0.1, 0.15) is 30.5 Å². The van der Waals surface area contributed by atoms with E-state index in [0.29, 0.717) is 25.0 Å². The van der Waals surface area contributed by atoms with Crippen LogP contribution in [0.3, 0.4) is 0 Å². The second-order valence-electron chi connectivity index (χ2n) is 17.9. The fourth-order valence-corrected chi connectivity index (χ4v) is 7.96. The van der Waals surface area contributed by atoms with Gasteiger partial charge >= 0.3 is 0 Å². The van der Waals surface area contributed by atoms with Crippen LogP contribution in [0, 0.1) is 0 Å². The number of ether oxygens (including phenoxy) is 2. The van der Waals surface area contributed by atoms with Crippen LogP contribution in [0.5, 0.6) is 0 Å². The summed E-state index contributed by atoms with van der Waals surface area (Å²) in [6.45, 7) is 13.3. The van der Waals surface area contributed by atoms with Crippen LogP contribution in [0.15, 0.2) is 12.4 Å². The van der Waals surface area contributed by atoms with Crippen LogP contribution in [0.1, 0.15) is 252 Å². The van der Waals surface area contributed by atoms with Crippen molar-refractivity contribution in [3.05, 3.63) is 12.4 Å². The fraction of sp³-hybridized carbons (Fsp3) is 0.889. The molecule has 372 valence electrons. The highest BCUT2D eigenvalue weighted by atomic mass is 16.5. The first-order chi connectivity index (χ1) is 31.0. The Labute approximate surface area is 392 Å². The Morgan fingerprint density at radius 3 is 1.30 bits per heavy atom. The number of aromatic nitrogens is 2. The van der Waals surface area contributed by atoms with Gasteiger partial charge in [0.2, 0.25) is 0 Å². The Bertz CT molecular complexity index is 992. The van der Waals surface area contributed by atoms with Crippen molar-refractivity contribution in [3.63, 3.8) is 0 Å². The summed E-state index contributed by atoms with van der Waals surface area (Å²) in [6.07, 6.45) is 48.9. The number of hydrogen-bond acceptors (Lipinski definition) is 9. The van der Waals surface area contributed by atoms with Crippen molar-refractivity contribution in [2.75, 3.05) is 58.1 Å². The van der Waals surface area contributed by atoms with E-state index in [1.54, 1.807) is 6.33 Å². The number of rotatable bonds is 46. The third-order valence-corrected chi connectivity index (χ3v) is 12.2. The number of carbonyl (C=O) groups is 2. The summed E-state index contributed by atoms with van der Waals surface area (Å²) in [4.78, 5) is 31.8. The predicted molar refractivity (Wildman–Crippen MR) is 275 cm³/mol. The van der Waals surface area contributed by atoms with Crippen molar-refractivity contribution in [2.45, 2.75) is 265 Å². The second-order valence-corrected chi connectivity index (χ2v) is 17.9. The molecular weight excluding hydrogens is 783 g/mol. The van der Waals surface area contributed by atoms with Crippen LogP contribution in [-0.2, 0) is 19.1 Å². The highest BCUT2D eigenvalue weighted by molar-refractivity contribution is 5.49. The van der Waals surface area contributed by atoms with Crippen LogP contribution in [0.2, 0.25) is 0 Å². The summed E-state index contributed by atoms with van der Waals surface area (Å²) < 4.78 is 10.9. The summed E-state index contributed by atoms with van der Waals surface area (Å²) in [5, 5.41) is 6.42. The third kappa shape index (κ3) is 47.7. The molecule has 2 N–H and O–H groups in total. The van der Waals surface area contributed by atoms with Gasteiger partial charge in [-0.25, -0.2) is 9.97 Å². The van der Waals surface area contributed by atoms with E-state index in [-0.39, 0.29) is 0 Å². The summed E-state index contributed by atoms with van der Waals surface area (Å²) in [5.41, 5.74) is 0. The first-order valence-electron chi connectivity index (χ1n) is 26.9. The molecular formula is C54H107N5O4. The third-order valence-electron chi connectivity index (χ3n) is 12.2. The molecule has 9 nitrogen and oxygen atoms in total. The SMILES string of the molecule is CCCCCCCCC(CC)OC.CCCCCCCCC(CCCCCCCC)OC.CNc1cc(NCCCN(CCCCCCCC=O)CCCCCCCC=O)ncn1. The maximum absolute atomic E-state index is 10.4. The smallest absolute Gasteiger partial charge is 0.131 e. The molecule has 0 aliphatic rings. The number of nitrogens with zero attached hydrogens (tertiary/aromatic N) is 3. The first-order valence-corrected chi connectivity index (χ1v) is 26.9. The predicted octanol–water partition coefficient (Wildman–Crippen LogP) is 15.4. The molecule has 1 aromatic rings. The summed E-state index contributed by atoms with van der Waals surface area (Å²) in [7, 11) is 5.57. The molecule has 0 aliphatic heterocycles. The Morgan fingerprint density at radius 2 is 0.889 bits per heavy atom. The number of aldehydes is 2. The number of hydrogen-bond donors (Lipinski definition) is 2. The molecule has 0 fully saturated rings. The molecule has 1 aromatic heterocycles. The van der Waals surface area contributed by atoms with Gasteiger partial charge in [-0.05, 0) is 77.4 Å². The standard InChI is InChI=1S/C24H43N5O2.C18H38O.C12H26O/c1-25-23-21-24(28-22-27-23)26-15-14-18-29(16-10-6-2-4-8-12-19-30)17-11-7-3-5-9-13-20-31;1-4-6-8-10-12-14-16-18(19-3)17-15-13-11-9-7-5-2;1-4-6-7-8-9-10-11-12(5-2)13-3/h19-22H,2-18H2,1H3,(H2,25,26,27,28);18H,4-17H2,1-3H3;12H,4-11H2,1-3H3. The largest absolute Gasteiger partial charge is 0.381 e. The van der Waals surface area contributed by atoms with E-state index in [0.717, 1.165) is 88.9 Å². The topological polar surface area (TPSA) is 106 Å². The van der Waals surface area contributed by atoms with Crippen LogP contribution in [0.25, 0.3) is 0 Å². The van der Waals surface area contributed by atoms with Gasteiger partial charge in [0.25, 0.3) is 0 Å². The van der Waals surface area contributed by atoms with Gasteiger partial charge < -0.3 is 34.6 Å². The van der Waals surface area contributed by atoms with Crippen molar-refractivity contribution < 1.29 is 19.1 Å². The summed E-state index contributed by atoms with van der Waals surface area (Å²) in [6, 6.07) is 1.92. The van der Waals surface area contributed by atoms with E-state index >= 15 is 0 Å². The maximum atomic E-state index is 10.4. The van der Waals surface area contributed by atoms with Gasteiger partial charge in [0, 0.05) is 46.7 Å². The zero-order valence-corrected chi connectivity index (χ0v) is 43.0. The van der Waals surface area contributed by atoms with Crippen LogP contribution < -0.4 is 10.6 Å². The lowest BCUT2D eigenvalue weighted by Gasteiger charge is -2.22. The molecule has 9 heteroatoms. The average Bonchev–Trinajstić information content (AvgIpc) is 3.31. The molecule has 1 atom stereocenters. The zero-order chi connectivity index (χ0) is 46.5. The van der Waals surface area contributed by atoms with Crippen molar-refractivity contribution in [1.82, 2.24) is 14.9 Å². The molecule has 0 aliphatic carbocycles. The summed E-state index contributed by atoms with van der Waals surface area (Å²) in [5.74, 6) is 1.68. The van der Waals surface area contributed by atoms with E-state index in [9.17, 15) is 9.59 Å².